The molecule has 0 aromatic carbocycles. The molecule has 8 nitrogen and oxygen atoms in total. The molecule has 2 rings (SSSR count). The smallest absolute Gasteiger partial charge is 0.271 e. The third-order valence-corrected chi connectivity index (χ3v) is 2.22. The van der Waals surface area contributed by atoms with E-state index in [4.69, 9.17) is 4.52 Å². The van der Waals surface area contributed by atoms with Crippen LogP contribution in [-0.2, 0) is 6.54 Å². The molecular formula is C11H14N6O2. The summed E-state index contributed by atoms with van der Waals surface area (Å²) in [6.07, 6.45) is 2.92. The molecule has 1 amide bonds. The summed E-state index contributed by atoms with van der Waals surface area (Å²) >= 11 is 0. The lowest BCUT2D eigenvalue weighted by Gasteiger charge is -2.03. The van der Waals surface area contributed by atoms with Crippen LogP contribution in [0.15, 0.2) is 16.9 Å². The van der Waals surface area contributed by atoms with Gasteiger partial charge in [-0.25, -0.2) is 9.97 Å². The van der Waals surface area contributed by atoms with Gasteiger partial charge in [0.1, 0.15) is 11.5 Å². The maximum Gasteiger partial charge on any atom is 0.271 e. The number of hydrogen-bond donors (Lipinski definition) is 2. The van der Waals surface area contributed by atoms with Gasteiger partial charge in [-0.2, -0.15) is 4.98 Å². The summed E-state index contributed by atoms with van der Waals surface area (Å²) in [5, 5.41) is 9.30. The Morgan fingerprint density at radius 1 is 1.37 bits per heavy atom. The molecular weight excluding hydrogens is 248 g/mol. The van der Waals surface area contributed by atoms with Gasteiger partial charge in [-0.05, 0) is 6.92 Å². The molecule has 2 aromatic rings. The van der Waals surface area contributed by atoms with Crippen LogP contribution >= 0.6 is 0 Å². The van der Waals surface area contributed by atoms with Crippen LogP contribution in [-0.4, -0.2) is 32.6 Å². The van der Waals surface area contributed by atoms with Gasteiger partial charge in [-0.3, -0.25) is 4.79 Å². The summed E-state index contributed by atoms with van der Waals surface area (Å²) in [7, 11) is 0. The molecule has 8 heteroatoms. The molecule has 0 spiro atoms. The van der Waals surface area contributed by atoms with Gasteiger partial charge in [0, 0.05) is 13.5 Å². The number of carbonyl (C=O) groups is 1. The van der Waals surface area contributed by atoms with Gasteiger partial charge in [0.05, 0.1) is 18.9 Å². The summed E-state index contributed by atoms with van der Waals surface area (Å²) in [6.45, 7) is 4.57. The van der Waals surface area contributed by atoms with Crippen molar-refractivity contribution in [1.29, 1.82) is 0 Å². The van der Waals surface area contributed by atoms with Crippen molar-refractivity contribution in [3.8, 4) is 0 Å². The molecule has 2 aromatic heterocycles. The van der Waals surface area contributed by atoms with Crippen molar-refractivity contribution in [1.82, 2.24) is 25.4 Å². The van der Waals surface area contributed by atoms with Crippen LogP contribution < -0.4 is 10.6 Å². The van der Waals surface area contributed by atoms with Gasteiger partial charge in [0.2, 0.25) is 5.89 Å². The Morgan fingerprint density at radius 3 is 2.79 bits per heavy atom. The largest absolute Gasteiger partial charge is 0.369 e. The van der Waals surface area contributed by atoms with Crippen molar-refractivity contribution in [2.45, 2.75) is 20.4 Å². The Labute approximate surface area is 109 Å². The zero-order valence-electron chi connectivity index (χ0n) is 10.7. The molecule has 0 unspecified atom stereocenters. The number of aryl methyl sites for hydroxylation is 1. The van der Waals surface area contributed by atoms with Gasteiger partial charge in [0.15, 0.2) is 5.82 Å². The summed E-state index contributed by atoms with van der Waals surface area (Å²) in [5.41, 5.74) is 0.238. The fourth-order valence-electron chi connectivity index (χ4n) is 1.38. The first-order chi connectivity index (χ1) is 9.19. The summed E-state index contributed by atoms with van der Waals surface area (Å²) in [6, 6.07) is 0. The molecule has 2 heterocycles. The normalized spacial score (nSPS) is 10.2. The minimum absolute atomic E-state index is 0.187. The molecule has 0 aliphatic heterocycles. The second-order valence-corrected chi connectivity index (χ2v) is 3.73. The van der Waals surface area contributed by atoms with Crippen LogP contribution in [0.25, 0.3) is 0 Å². The molecule has 0 aliphatic rings. The number of anilines is 1. The van der Waals surface area contributed by atoms with E-state index >= 15 is 0 Å². The van der Waals surface area contributed by atoms with Crippen molar-refractivity contribution in [3.63, 3.8) is 0 Å². The Bertz CT molecular complexity index is 551. The van der Waals surface area contributed by atoms with E-state index in [0.717, 1.165) is 6.54 Å². The Hall–Kier alpha value is -2.51. The van der Waals surface area contributed by atoms with Crippen molar-refractivity contribution in [2.24, 2.45) is 0 Å². The van der Waals surface area contributed by atoms with Crippen LogP contribution in [0.4, 0.5) is 5.82 Å². The highest BCUT2D eigenvalue weighted by molar-refractivity contribution is 5.91. The van der Waals surface area contributed by atoms with E-state index in [-0.39, 0.29) is 18.1 Å². The minimum atomic E-state index is -0.335. The van der Waals surface area contributed by atoms with E-state index in [1.54, 1.807) is 6.92 Å². The summed E-state index contributed by atoms with van der Waals surface area (Å²) in [4.78, 5) is 23.8. The van der Waals surface area contributed by atoms with E-state index in [1.165, 1.54) is 12.4 Å². The van der Waals surface area contributed by atoms with Crippen molar-refractivity contribution in [3.05, 3.63) is 29.8 Å². The number of amides is 1. The van der Waals surface area contributed by atoms with E-state index in [1.807, 2.05) is 6.92 Å². The Balaban J connectivity index is 1.92. The summed E-state index contributed by atoms with van der Waals surface area (Å²) < 4.78 is 4.80. The molecule has 0 saturated heterocycles. The number of aromatic nitrogens is 4. The standard InChI is InChI=1S/C11H14N6O2/c1-3-12-9-5-13-8(4-14-9)11(18)15-6-10-16-7(2)19-17-10/h4-5H,3,6H2,1-2H3,(H,12,14)(H,15,18). The monoisotopic (exact) mass is 262 g/mol. The predicted molar refractivity (Wildman–Crippen MR) is 66.4 cm³/mol. The highest BCUT2D eigenvalue weighted by Gasteiger charge is 2.09. The Morgan fingerprint density at radius 2 is 2.21 bits per heavy atom. The molecule has 0 atom stereocenters. The van der Waals surface area contributed by atoms with Gasteiger partial charge < -0.3 is 15.2 Å². The highest BCUT2D eigenvalue weighted by atomic mass is 16.5. The van der Waals surface area contributed by atoms with Crippen LogP contribution in [0.5, 0.6) is 0 Å². The molecule has 0 saturated carbocycles. The van der Waals surface area contributed by atoms with E-state index in [9.17, 15) is 4.79 Å². The second-order valence-electron chi connectivity index (χ2n) is 3.73. The third kappa shape index (κ3) is 3.47. The lowest BCUT2D eigenvalue weighted by molar-refractivity contribution is 0.0944. The van der Waals surface area contributed by atoms with Crippen LogP contribution in [0.3, 0.4) is 0 Å². The molecule has 0 bridgehead atoms. The van der Waals surface area contributed by atoms with E-state index in [2.05, 4.69) is 30.7 Å². The number of nitrogens with zero attached hydrogens (tertiary/aromatic N) is 4. The third-order valence-electron chi connectivity index (χ3n) is 2.22. The fraction of sp³-hybridized carbons (Fsp3) is 0.364. The molecule has 2 N–H and O–H groups in total. The van der Waals surface area contributed by atoms with Crippen LogP contribution in [0.1, 0.15) is 29.1 Å². The van der Waals surface area contributed by atoms with Gasteiger partial charge in [-0.1, -0.05) is 5.16 Å². The SMILES string of the molecule is CCNc1cnc(C(=O)NCc2noc(C)n2)cn1. The second kappa shape index (κ2) is 5.89. The lowest BCUT2D eigenvalue weighted by Crippen LogP contribution is -2.24. The van der Waals surface area contributed by atoms with Crippen molar-refractivity contribution < 1.29 is 9.32 Å². The number of hydrogen-bond acceptors (Lipinski definition) is 7. The van der Waals surface area contributed by atoms with Crippen molar-refractivity contribution in [2.75, 3.05) is 11.9 Å². The topological polar surface area (TPSA) is 106 Å². The molecule has 19 heavy (non-hydrogen) atoms. The first kappa shape index (κ1) is 12.9. The maximum absolute atomic E-state index is 11.8. The maximum atomic E-state index is 11.8. The molecule has 0 aliphatic carbocycles. The first-order valence-corrected chi connectivity index (χ1v) is 5.82. The van der Waals surface area contributed by atoms with Crippen LogP contribution in [0.2, 0.25) is 0 Å². The average molecular weight is 262 g/mol. The molecule has 100 valence electrons. The zero-order chi connectivity index (χ0) is 13.7. The predicted octanol–water partition coefficient (Wildman–Crippen LogP) is 0.530. The number of rotatable bonds is 5. The average Bonchev–Trinajstić information content (AvgIpc) is 2.83. The van der Waals surface area contributed by atoms with Gasteiger partial charge >= 0.3 is 0 Å². The first-order valence-electron chi connectivity index (χ1n) is 5.82. The molecule has 0 fully saturated rings. The quantitative estimate of drug-likeness (QED) is 0.809. The van der Waals surface area contributed by atoms with Gasteiger partial charge in [0.25, 0.3) is 5.91 Å². The fourth-order valence-corrected chi connectivity index (χ4v) is 1.38. The molecule has 0 radical (unpaired) electrons. The lowest BCUT2D eigenvalue weighted by atomic mass is 10.4. The van der Waals surface area contributed by atoms with Gasteiger partial charge in [-0.15, -0.1) is 0 Å². The van der Waals surface area contributed by atoms with E-state index in [0.29, 0.717) is 17.5 Å². The zero-order valence-corrected chi connectivity index (χ0v) is 10.7. The van der Waals surface area contributed by atoms with Crippen molar-refractivity contribution >= 4 is 11.7 Å². The highest BCUT2D eigenvalue weighted by Crippen LogP contribution is 2.01. The summed E-state index contributed by atoms with van der Waals surface area (Å²) in [5.74, 6) is 1.17. The number of carbonyl (C=O) groups excluding carboxylic acids is 1. The minimum Gasteiger partial charge on any atom is -0.369 e. The van der Waals surface area contributed by atoms with E-state index < -0.39 is 0 Å². The Kier molecular flexibility index (Phi) is 4.01. The van der Waals surface area contributed by atoms with Crippen LogP contribution in [0, 0.1) is 6.92 Å². The number of nitrogens with one attached hydrogen (secondary N) is 2.